The highest BCUT2D eigenvalue weighted by atomic mass is 15.2. The van der Waals surface area contributed by atoms with Crippen LogP contribution in [0.4, 0.5) is 5.69 Å². The Morgan fingerprint density at radius 3 is 2.74 bits per heavy atom. The Hall–Kier alpha value is -1.84. The number of aromatic nitrogens is 3. The molecule has 100 valence electrons. The Labute approximate surface area is 113 Å². The molecule has 4 heteroatoms. The van der Waals surface area contributed by atoms with Crippen LogP contribution < -0.4 is 5.73 Å². The number of aryl methyl sites for hydroxylation is 2. The molecule has 0 spiro atoms. The van der Waals surface area contributed by atoms with Gasteiger partial charge in [-0.2, -0.15) is 5.10 Å². The van der Waals surface area contributed by atoms with Crippen LogP contribution >= 0.6 is 0 Å². The number of rotatable bonds is 4. The van der Waals surface area contributed by atoms with Crippen LogP contribution in [0.2, 0.25) is 0 Å². The Morgan fingerprint density at radius 1 is 1.16 bits per heavy atom. The number of para-hydroxylation sites is 1. The summed E-state index contributed by atoms with van der Waals surface area (Å²) in [6.07, 6.45) is 6.88. The van der Waals surface area contributed by atoms with Crippen molar-refractivity contribution in [1.29, 1.82) is 0 Å². The molecule has 0 saturated heterocycles. The van der Waals surface area contributed by atoms with Crippen molar-refractivity contribution in [2.45, 2.75) is 44.4 Å². The monoisotopic (exact) mass is 256 g/mol. The molecule has 0 amide bonds. The number of anilines is 1. The van der Waals surface area contributed by atoms with Crippen LogP contribution in [0.1, 0.15) is 48.8 Å². The molecule has 0 atom stereocenters. The lowest BCUT2D eigenvalue weighted by Gasteiger charge is -2.03. The number of nitrogen functional groups attached to an aromatic ring is 1. The van der Waals surface area contributed by atoms with Crippen LogP contribution in [0.15, 0.2) is 24.3 Å². The summed E-state index contributed by atoms with van der Waals surface area (Å²) >= 11 is 0. The maximum atomic E-state index is 5.94. The maximum Gasteiger partial charge on any atom is 0.153 e. The molecule has 1 fully saturated rings. The topological polar surface area (TPSA) is 67.6 Å². The molecule has 2 aromatic rings. The second-order valence-corrected chi connectivity index (χ2v) is 5.32. The zero-order valence-corrected chi connectivity index (χ0v) is 11.1. The third-order valence-corrected chi connectivity index (χ3v) is 3.96. The van der Waals surface area contributed by atoms with E-state index in [9.17, 15) is 0 Å². The molecule has 1 heterocycles. The van der Waals surface area contributed by atoms with E-state index in [-0.39, 0.29) is 0 Å². The first kappa shape index (κ1) is 12.2. The van der Waals surface area contributed by atoms with Crippen LogP contribution in [0, 0.1) is 0 Å². The summed E-state index contributed by atoms with van der Waals surface area (Å²) in [4.78, 5) is 4.63. The summed E-state index contributed by atoms with van der Waals surface area (Å²) in [7, 11) is 0. The highest BCUT2D eigenvalue weighted by molar-refractivity contribution is 5.46. The van der Waals surface area contributed by atoms with Crippen molar-refractivity contribution in [2.75, 3.05) is 5.73 Å². The number of hydrogen-bond donors (Lipinski definition) is 2. The van der Waals surface area contributed by atoms with Gasteiger partial charge in [0.05, 0.1) is 0 Å². The van der Waals surface area contributed by atoms with Crippen LogP contribution in [0.5, 0.6) is 0 Å². The summed E-state index contributed by atoms with van der Waals surface area (Å²) < 4.78 is 0. The van der Waals surface area contributed by atoms with E-state index >= 15 is 0 Å². The minimum absolute atomic E-state index is 0.576. The lowest BCUT2D eigenvalue weighted by atomic mass is 10.1. The van der Waals surface area contributed by atoms with Crippen molar-refractivity contribution in [3.05, 3.63) is 41.5 Å². The number of nitrogens with two attached hydrogens (primary N) is 1. The first-order valence-corrected chi connectivity index (χ1v) is 7.07. The largest absolute Gasteiger partial charge is 0.399 e. The standard InChI is InChI=1S/C15H20N4/c16-13-8-4-3-5-11(13)9-10-14-17-15(19-18-14)12-6-1-2-7-12/h3-5,8,12H,1-2,6-7,9-10,16H2,(H,17,18,19). The van der Waals surface area contributed by atoms with Gasteiger partial charge in [0, 0.05) is 18.0 Å². The smallest absolute Gasteiger partial charge is 0.153 e. The zero-order valence-electron chi connectivity index (χ0n) is 11.1. The molecule has 1 saturated carbocycles. The first-order chi connectivity index (χ1) is 9.33. The van der Waals surface area contributed by atoms with E-state index in [1.807, 2.05) is 18.2 Å². The van der Waals surface area contributed by atoms with Gasteiger partial charge in [-0.05, 0) is 30.9 Å². The molecule has 19 heavy (non-hydrogen) atoms. The first-order valence-electron chi connectivity index (χ1n) is 7.07. The highest BCUT2D eigenvalue weighted by Gasteiger charge is 2.20. The number of hydrogen-bond acceptors (Lipinski definition) is 3. The van der Waals surface area contributed by atoms with Crippen molar-refractivity contribution in [2.24, 2.45) is 0 Å². The van der Waals surface area contributed by atoms with Gasteiger partial charge in [-0.1, -0.05) is 31.0 Å². The third kappa shape index (κ3) is 2.78. The molecule has 0 bridgehead atoms. The molecule has 1 aromatic heterocycles. The van der Waals surface area contributed by atoms with Crippen molar-refractivity contribution >= 4 is 5.69 Å². The van der Waals surface area contributed by atoms with E-state index in [2.05, 4.69) is 21.2 Å². The number of aromatic amines is 1. The van der Waals surface area contributed by atoms with Crippen molar-refractivity contribution < 1.29 is 0 Å². The normalized spacial score (nSPS) is 16.0. The molecule has 0 radical (unpaired) electrons. The van der Waals surface area contributed by atoms with Crippen LogP contribution in [0.25, 0.3) is 0 Å². The lowest BCUT2D eigenvalue weighted by Crippen LogP contribution is -1.99. The summed E-state index contributed by atoms with van der Waals surface area (Å²) in [6.45, 7) is 0. The molecular weight excluding hydrogens is 236 g/mol. The molecule has 0 unspecified atom stereocenters. The number of nitrogens with zero attached hydrogens (tertiary/aromatic N) is 2. The third-order valence-electron chi connectivity index (χ3n) is 3.96. The van der Waals surface area contributed by atoms with E-state index in [1.165, 1.54) is 31.2 Å². The van der Waals surface area contributed by atoms with E-state index in [0.717, 1.165) is 30.2 Å². The van der Waals surface area contributed by atoms with E-state index < -0.39 is 0 Å². The van der Waals surface area contributed by atoms with Gasteiger partial charge in [0.15, 0.2) is 5.82 Å². The van der Waals surface area contributed by atoms with Gasteiger partial charge in [-0.25, -0.2) is 4.98 Å². The van der Waals surface area contributed by atoms with Crippen molar-refractivity contribution in [3.8, 4) is 0 Å². The number of nitrogens with one attached hydrogen (secondary N) is 1. The Kier molecular flexibility index (Phi) is 3.49. The molecule has 1 aliphatic rings. The predicted octanol–water partition coefficient (Wildman–Crippen LogP) is 2.83. The molecule has 1 aliphatic carbocycles. The van der Waals surface area contributed by atoms with Gasteiger partial charge in [0.1, 0.15) is 5.82 Å². The molecular formula is C15H20N4. The molecule has 1 aromatic carbocycles. The average molecular weight is 256 g/mol. The van der Waals surface area contributed by atoms with Gasteiger partial charge in [0.25, 0.3) is 0 Å². The Bertz CT molecular complexity index is 541. The van der Waals surface area contributed by atoms with Crippen LogP contribution in [-0.2, 0) is 12.8 Å². The van der Waals surface area contributed by atoms with Crippen LogP contribution in [-0.4, -0.2) is 15.2 Å². The lowest BCUT2D eigenvalue weighted by molar-refractivity contribution is 0.671. The SMILES string of the molecule is Nc1ccccc1CCc1nc(C2CCCC2)n[nH]1. The minimum Gasteiger partial charge on any atom is -0.399 e. The van der Waals surface area contributed by atoms with Gasteiger partial charge < -0.3 is 5.73 Å². The van der Waals surface area contributed by atoms with Gasteiger partial charge in [0.2, 0.25) is 0 Å². The number of H-pyrrole nitrogens is 1. The second kappa shape index (κ2) is 5.43. The maximum absolute atomic E-state index is 5.94. The average Bonchev–Trinajstić information content (AvgIpc) is 3.09. The minimum atomic E-state index is 0.576. The highest BCUT2D eigenvalue weighted by Crippen LogP contribution is 2.31. The quantitative estimate of drug-likeness (QED) is 0.826. The molecule has 0 aliphatic heterocycles. The van der Waals surface area contributed by atoms with Crippen molar-refractivity contribution in [3.63, 3.8) is 0 Å². The summed E-state index contributed by atoms with van der Waals surface area (Å²) in [6, 6.07) is 8.00. The van der Waals surface area contributed by atoms with Crippen LogP contribution in [0.3, 0.4) is 0 Å². The molecule has 3 N–H and O–H groups in total. The van der Waals surface area contributed by atoms with Crippen molar-refractivity contribution in [1.82, 2.24) is 15.2 Å². The Balaban J connectivity index is 1.63. The summed E-state index contributed by atoms with van der Waals surface area (Å²) in [5.74, 6) is 2.56. The van der Waals surface area contributed by atoms with Gasteiger partial charge >= 0.3 is 0 Å². The van der Waals surface area contributed by atoms with E-state index in [1.54, 1.807) is 0 Å². The summed E-state index contributed by atoms with van der Waals surface area (Å²) in [5, 5.41) is 7.44. The fourth-order valence-corrected chi connectivity index (χ4v) is 2.80. The molecule has 3 rings (SSSR count). The zero-order chi connectivity index (χ0) is 13.1. The Morgan fingerprint density at radius 2 is 1.95 bits per heavy atom. The van der Waals surface area contributed by atoms with E-state index in [4.69, 9.17) is 5.73 Å². The predicted molar refractivity (Wildman–Crippen MR) is 75.9 cm³/mol. The van der Waals surface area contributed by atoms with Gasteiger partial charge in [-0.15, -0.1) is 0 Å². The molecule has 4 nitrogen and oxygen atoms in total. The second-order valence-electron chi connectivity index (χ2n) is 5.32. The fraction of sp³-hybridized carbons (Fsp3) is 0.467. The van der Waals surface area contributed by atoms with Gasteiger partial charge in [-0.3, -0.25) is 5.10 Å². The summed E-state index contributed by atoms with van der Waals surface area (Å²) in [5.41, 5.74) is 7.98. The van der Waals surface area contributed by atoms with E-state index in [0.29, 0.717) is 5.92 Å². The number of benzene rings is 1. The fourth-order valence-electron chi connectivity index (χ4n) is 2.80.